The molecule has 1 aliphatic carbocycles. The number of hydrogen-bond acceptors (Lipinski definition) is 5. The molecule has 1 amide bonds. The van der Waals surface area contributed by atoms with Gasteiger partial charge in [-0.2, -0.15) is 0 Å². The fourth-order valence-electron chi connectivity index (χ4n) is 3.88. The van der Waals surface area contributed by atoms with Crippen molar-refractivity contribution in [3.05, 3.63) is 65.2 Å². The van der Waals surface area contributed by atoms with Gasteiger partial charge in [-0.05, 0) is 68.0 Å². The molecule has 0 saturated carbocycles. The third-order valence-electron chi connectivity index (χ3n) is 5.59. The predicted octanol–water partition coefficient (Wildman–Crippen LogP) is 4.78. The van der Waals surface area contributed by atoms with Crippen molar-refractivity contribution in [3.8, 4) is 0 Å². The number of para-hydroxylation sites is 1. The summed E-state index contributed by atoms with van der Waals surface area (Å²) in [5.74, 6) is -0.0367. The Hall–Kier alpha value is -3.41. The number of pyridine rings is 1. The van der Waals surface area contributed by atoms with Crippen LogP contribution in [0.4, 0.5) is 0 Å². The fraction of sp³-hybridized carbons (Fsp3) is 0.320. The largest absolute Gasteiger partial charge is 0.465 e. The summed E-state index contributed by atoms with van der Waals surface area (Å²) >= 11 is 0. The summed E-state index contributed by atoms with van der Waals surface area (Å²) in [6.45, 7) is 3.60. The summed E-state index contributed by atoms with van der Waals surface area (Å²) in [5, 5.41) is 3.56. The van der Waals surface area contributed by atoms with Crippen LogP contribution in [0.5, 0.6) is 0 Å². The average molecular weight is 418 g/mol. The molecular weight excluding hydrogens is 392 g/mol. The molecule has 0 fully saturated rings. The van der Waals surface area contributed by atoms with Gasteiger partial charge < -0.3 is 14.5 Å². The van der Waals surface area contributed by atoms with Gasteiger partial charge in [0.2, 0.25) is 0 Å². The zero-order valence-electron chi connectivity index (χ0n) is 17.8. The van der Waals surface area contributed by atoms with Gasteiger partial charge in [0.1, 0.15) is 5.76 Å². The monoisotopic (exact) mass is 418 g/mol. The predicted molar refractivity (Wildman–Crippen MR) is 119 cm³/mol. The van der Waals surface area contributed by atoms with Crippen LogP contribution in [0.2, 0.25) is 0 Å². The third-order valence-corrected chi connectivity index (χ3v) is 5.59. The summed E-state index contributed by atoms with van der Waals surface area (Å²) in [6.07, 6.45) is 6.91. The molecule has 1 atom stereocenters. The van der Waals surface area contributed by atoms with Gasteiger partial charge in [-0.25, -0.2) is 9.78 Å². The summed E-state index contributed by atoms with van der Waals surface area (Å²) in [5.41, 5.74) is 3.93. The molecule has 1 unspecified atom stereocenters. The van der Waals surface area contributed by atoms with Crippen LogP contribution in [0.15, 0.2) is 47.1 Å². The van der Waals surface area contributed by atoms with Gasteiger partial charge in [0.25, 0.3) is 5.91 Å². The molecule has 4 rings (SSSR count). The SMILES string of the molecule is CCC(C)NC(=O)COC(=O)c1c2c(nc3ccccc13)/C(=C\c1ccco1)CCC2. The minimum atomic E-state index is -0.492. The van der Waals surface area contributed by atoms with Gasteiger partial charge in [-0.3, -0.25) is 4.79 Å². The molecule has 31 heavy (non-hydrogen) atoms. The molecule has 160 valence electrons. The van der Waals surface area contributed by atoms with Gasteiger partial charge in [0.15, 0.2) is 6.61 Å². The topological polar surface area (TPSA) is 81.4 Å². The Morgan fingerprint density at radius 3 is 2.84 bits per heavy atom. The van der Waals surface area contributed by atoms with E-state index in [9.17, 15) is 9.59 Å². The van der Waals surface area contributed by atoms with E-state index in [2.05, 4.69) is 5.32 Å². The standard InChI is InChI=1S/C25H26N2O4/c1-3-16(2)26-22(28)15-31-25(29)23-19-10-4-5-12-21(19)27-24-17(8-6-11-20(23)24)14-18-9-7-13-30-18/h4-5,7,9-10,12-14,16H,3,6,8,11,15H2,1-2H3,(H,26,28)/b17-14-. The van der Waals surface area contributed by atoms with E-state index < -0.39 is 5.97 Å². The third kappa shape index (κ3) is 4.53. The highest BCUT2D eigenvalue weighted by molar-refractivity contribution is 6.07. The molecule has 2 heterocycles. The molecule has 6 nitrogen and oxygen atoms in total. The number of fused-ring (bicyclic) bond motifs is 2. The Balaban J connectivity index is 1.71. The zero-order chi connectivity index (χ0) is 21.8. The first-order valence-corrected chi connectivity index (χ1v) is 10.7. The van der Waals surface area contributed by atoms with Crippen LogP contribution in [0.1, 0.15) is 60.5 Å². The second-order valence-corrected chi connectivity index (χ2v) is 7.82. The summed E-state index contributed by atoms with van der Waals surface area (Å²) in [4.78, 5) is 30.1. The Labute approximate surface area is 181 Å². The Morgan fingerprint density at radius 2 is 2.06 bits per heavy atom. The van der Waals surface area contributed by atoms with Gasteiger partial charge in [-0.1, -0.05) is 25.1 Å². The Morgan fingerprint density at radius 1 is 1.23 bits per heavy atom. The average Bonchev–Trinajstić information content (AvgIpc) is 3.29. The number of nitrogens with zero attached hydrogens (tertiary/aromatic N) is 1. The minimum Gasteiger partial charge on any atom is -0.465 e. The van der Waals surface area contributed by atoms with Crippen LogP contribution in [0.3, 0.4) is 0 Å². The highest BCUT2D eigenvalue weighted by Gasteiger charge is 2.26. The van der Waals surface area contributed by atoms with Crippen molar-refractivity contribution in [1.29, 1.82) is 0 Å². The normalized spacial score (nSPS) is 15.5. The number of nitrogens with one attached hydrogen (secondary N) is 1. The second-order valence-electron chi connectivity index (χ2n) is 7.82. The number of ether oxygens (including phenoxy) is 1. The number of benzene rings is 1. The first-order valence-electron chi connectivity index (χ1n) is 10.7. The quantitative estimate of drug-likeness (QED) is 0.583. The van der Waals surface area contributed by atoms with Crippen molar-refractivity contribution in [3.63, 3.8) is 0 Å². The molecule has 6 heteroatoms. The van der Waals surface area contributed by atoms with E-state index in [1.165, 1.54) is 0 Å². The number of carbonyl (C=O) groups is 2. The summed E-state index contributed by atoms with van der Waals surface area (Å²) in [6, 6.07) is 11.3. The number of amides is 1. The van der Waals surface area contributed by atoms with E-state index in [4.69, 9.17) is 14.1 Å². The number of aromatic nitrogens is 1. The maximum Gasteiger partial charge on any atom is 0.339 e. The lowest BCUT2D eigenvalue weighted by Gasteiger charge is -2.22. The summed E-state index contributed by atoms with van der Waals surface area (Å²) < 4.78 is 10.9. The molecule has 2 aromatic heterocycles. The molecule has 1 N–H and O–H groups in total. The number of carbonyl (C=O) groups excluding carboxylic acids is 2. The number of furan rings is 1. The highest BCUT2D eigenvalue weighted by atomic mass is 16.5. The van der Waals surface area contributed by atoms with Crippen molar-refractivity contribution in [1.82, 2.24) is 10.3 Å². The molecule has 3 aromatic rings. The van der Waals surface area contributed by atoms with Crippen LogP contribution in [0.25, 0.3) is 22.6 Å². The van der Waals surface area contributed by atoms with Gasteiger partial charge in [-0.15, -0.1) is 0 Å². The highest BCUT2D eigenvalue weighted by Crippen LogP contribution is 2.36. The van der Waals surface area contributed by atoms with Gasteiger partial charge in [0.05, 0.1) is 23.0 Å². The molecule has 1 aliphatic rings. The first-order chi connectivity index (χ1) is 15.1. The lowest BCUT2D eigenvalue weighted by molar-refractivity contribution is -0.124. The lowest BCUT2D eigenvalue weighted by Crippen LogP contribution is -2.35. The molecule has 0 aliphatic heterocycles. The van der Waals surface area contributed by atoms with Crippen molar-refractivity contribution in [2.24, 2.45) is 0 Å². The smallest absolute Gasteiger partial charge is 0.339 e. The fourth-order valence-corrected chi connectivity index (χ4v) is 3.88. The van der Waals surface area contributed by atoms with E-state index in [1.54, 1.807) is 6.26 Å². The number of hydrogen-bond donors (Lipinski definition) is 1. The second kappa shape index (κ2) is 9.16. The van der Waals surface area contributed by atoms with Crippen LogP contribution < -0.4 is 5.32 Å². The first kappa shape index (κ1) is 20.8. The van der Waals surface area contributed by atoms with Crippen molar-refractivity contribution < 1.29 is 18.7 Å². The summed E-state index contributed by atoms with van der Waals surface area (Å²) in [7, 11) is 0. The molecule has 0 spiro atoms. The molecule has 1 aromatic carbocycles. The maximum atomic E-state index is 13.1. The van der Waals surface area contributed by atoms with E-state index in [1.807, 2.05) is 56.3 Å². The Kier molecular flexibility index (Phi) is 6.16. The van der Waals surface area contributed by atoms with Gasteiger partial charge >= 0.3 is 5.97 Å². The molecule has 0 saturated heterocycles. The van der Waals surface area contributed by atoms with E-state index in [0.717, 1.165) is 59.2 Å². The van der Waals surface area contributed by atoms with E-state index in [0.29, 0.717) is 5.56 Å². The van der Waals surface area contributed by atoms with E-state index in [-0.39, 0.29) is 18.6 Å². The van der Waals surface area contributed by atoms with E-state index >= 15 is 0 Å². The van der Waals surface area contributed by atoms with Crippen molar-refractivity contribution in [2.45, 2.75) is 45.6 Å². The molecular formula is C25H26N2O4. The number of esters is 1. The van der Waals surface area contributed by atoms with Crippen LogP contribution in [-0.2, 0) is 16.0 Å². The minimum absolute atomic E-state index is 0.0370. The number of rotatable bonds is 6. The molecule has 0 bridgehead atoms. The maximum absolute atomic E-state index is 13.1. The van der Waals surface area contributed by atoms with Crippen LogP contribution in [-0.4, -0.2) is 29.5 Å². The lowest BCUT2D eigenvalue weighted by atomic mass is 9.86. The molecule has 0 radical (unpaired) electrons. The van der Waals surface area contributed by atoms with Crippen LogP contribution >= 0.6 is 0 Å². The van der Waals surface area contributed by atoms with Crippen molar-refractivity contribution in [2.75, 3.05) is 6.61 Å². The number of allylic oxidation sites excluding steroid dienone is 1. The van der Waals surface area contributed by atoms with Crippen molar-refractivity contribution >= 4 is 34.4 Å². The Bertz CT molecular complexity index is 1130. The zero-order valence-corrected chi connectivity index (χ0v) is 17.8. The van der Waals surface area contributed by atoms with Gasteiger partial charge in [0, 0.05) is 11.4 Å². The van der Waals surface area contributed by atoms with Crippen LogP contribution in [0, 0.1) is 0 Å².